The number of para-hydroxylation sites is 4. The Labute approximate surface area is 457 Å². The predicted octanol–water partition coefficient (Wildman–Crippen LogP) is 17.6. The van der Waals surface area contributed by atoms with Gasteiger partial charge in [0.2, 0.25) is 0 Å². The van der Waals surface area contributed by atoms with Gasteiger partial charge >= 0.3 is 0 Å². The number of rotatable bonds is 6. The molecule has 0 unspecified atom stereocenters. The monoisotopic (exact) mass is 1000 g/mol. The van der Waals surface area contributed by atoms with Gasteiger partial charge in [0.05, 0.1) is 33.4 Å². The number of anilines is 6. The maximum Gasteiger partial charge on any atom is 0.252 e. The Morgan fingerprint density at radius 2 is 0.595 bits per heavy atom. The molecule has 0 fully saturated rings. The molecule has 17 rings (SSSR count). The highest BCUT2D eigenvalue weighted by Crippen LogP contribution is 2.51. The van der Waals surface area contributed by atoms with Crippen LogP contribution in [0.4, 0.5) is 34.1 Å². The SMILES string of the molecule is c1ccc(-c2c(N3c4cc(-n5c6ccccc6c6ccccc65)ccc4B4c5ccc(-n6c7ccccc7c7ccccc76)cc5N(c5ccc6ccccc6c5-c5ccccc5)c5cccc3c54)ccc3ccccc23)cc1. The summed E-state index contributed by atoms with van der Waals surface area (Å²) >= 11 is 0. The summed E-state index contributed by atoms with van der Waals surface area (Å²) in [6, 6.07) is 106. The summed E-state index contributed by atoms with van der Waals surface area (Å²) in [5.41, 5.74) is 22.4. The molecule has 0 aliphatic carbocycles. The van der Waals surface area contributed by atoms with Gasteiger partial charge in [-0.1, -0.05) is 212 Å². The molecule has 79 heavy (non-hydrogen) atoms. The fourth-order valence-electron chi connectivity index (χ4n) is 13.8. The average molecular weight is 1000 g/mol. The molecule has 13 aromatic carbocycles. The summed E-state index contributed by atoms with van der Waals surface area (Å²) < 4.78 is 4.93. The fourth-order valence-corrected chi connectivity index (χ4v) is 13.8. The van der Waals surface area contributed by atoms with Gasteiger partial charge < -0.3 is 18.9 Å². The van der Waals surface area contributed by atoms with E-state index in [0.717, 1.165) is 45.5 Å². The van der Waals surface area contributed by atoms with E-state index in [-0.39, 0.29) is 6.71 Å². The van der Waals surface area contributed by atoms with Gasteiger partial charge in [0, 0.05) is 66.8 Å². The summed E-state index contributed by atoms with van der Waals surface area (Å²) in [6.45, 7) is -0.121. The lowest BCUT2D eigenvalue weighted by Crippen LogP contribution is -2.61. The van der Waals surface area contributed by atoms with E-state index in [9.17, 15) is 0 Å². The van der Waals surface area contributed by atoms with Crippen LogP contribution in [0.25, 0.3) is 98.8 Å². The second kappa shape index (κ2) is 17.1. The van der Waals surface area contributed by atoms with E-state index >= 15 is 0 Å². The van der Waals surface area contributed by atoms with Gasteiger partial charge in [0.1, 0.15) is 0 Å². The number of hydrogen-bond donors (Lipinski definition) is 0. The molecule has 2 aliphatic heterocycles. The van der Waals surface area contributed by atoms with Crippen molar-refractivity contribution in [2.75, 3.05) is 9.80 Å². The second-order valence-corrected chi connectivity index (χ2v) is 21.1. The van der Waals surface area contributed by atoms with Crippen molar-refractivity contribution in [3.05, 3.63) is 285 Å². The minimum absolute atomic E-state index is 0.121. The largest absolute Gasteiger partial charge is 0.311 e. The van der Waals surface area contributed by atoms with Crippen LogP contribution in [0.3, 0.4) is 0 Å². The molecule has 0 N–H and O–H groups in total. The number of benzene rings is 13. The molecule has 0 bridgehead atoms. The molecule has 0 amide bonds. The third kappa shape index (κ3) is 6.39. The Hall–Kier alpha value is -10.4. The van der Waals surface area contributed by atoms with Crippen molar-refractivity contribution in [1.29, 1.82) is 0 Å². The first-order valence-corrected chi connectivity index (χ1v) is 27.4. The smallest absolute Gasteiger partial charge is 0.252 e. The van der Waals surface area contributed by atoms with Gasteiger partial charge in [-0.15, -0.1) is 0 Å². The lowest BCUT2D eigenvalue weighted by Gasteiger charge is -2.45. The van der Waals surface area contributed by atoms with Crippen molar-refractivity contribution in [2.45, 2.75) is 0 Å². The van der Waals surface area contributed by atoms with E-state index in [4.69, 9.17) is 0 Å². The van der Waals surface area contributed by atoms with E-state index in [0.29, 0.717) is 0 Å². The van der Waals surface area contributed by atoms with Gasteiger partial charge in [-0.2, -0.15) is 0 Å². The molecule has 0 radical (unpaired) electrons. The highest BCUT2D eigenvalue weighted by atomic mass is 15.2. The Kier molecular flexibility index (Phi) is 9.48. The van der Waals surface area contributed by atoms with Crippen LogP contribution in [0.5, 0.6) is 0 Å². The fraction of sp³-hybridized carbons (Fsp3) is 0. The van der Waals surface area contributed by atoms with Crippen molar-refractivity contribution < 1.29 is 0 Å². The van der Waals surface area contributed by atoms with E-state index in [1.54, 1.807) is 0 Å². The van der Waals surface area contributed by atoms with E-state index in [2.05, 4.69) is 304 Å². The summed E-state index contributed by atoms with van der Waals surface area (Å²) in [7, 11) is 0. The zero-order valence-corrected chi connectivity index (χ0v) is 43.0. The van der Waals surface area contributed by atoms with Crippen LogP contribution in [0.2, 0.25) is 0 Å². The third-order valence-electron chi connectivity index (χ3n) is 17.1. The maximum atomic E-state index is 2.60. The lowest BCUT2D eigenvalue weighted by molar-refractivity contribution is 1.17. The number of aromatic nitrogens is 2. The Morgan fingerprint density at radius 1 is 0.241 bits per heavy atom. The molecule has 0 spiro atoms. The molecule has 0 saturated carbocycles. The molecular formula is C74H47BN4. The first kappa shape index (κ1) is 43.8. The Bertz CT molecular complexity index is 4580. The second-order valence-electron chi connectivity index (χ2n) is 21.1. The molecule has 2 aromatic heterocycles. The number of hydrogen-bond acceptors (Lipinski definition) is 2. The summed E-state index contributed by atoms with van der Waals surface area (Å²) in [4.78, 5) is 5.20. The highest BCUT2D eigenvalue weighted by molar-refractivity contribution is 7.00. The molecule has 5 heteroatoms. The van der Waals surface area contributed by atoms with Crippen molar-refractivity contribution in [2.24, 2.45) is 0 Å². The highest BCUT2D eigenvalue weighted by Gasteiger charge is 2.44. The first-order valence-electron chi connectivity index (χ1n) is 27.4. The van der Waals surface area contributed by atoms with Crippen molar-refractivity contribution in [3.63, 3.8) is 0 Å². The van der Waals surface area contributed by atoms with Gasteiger partial charge in [-0.25, -0.2) is 0 Å². The van der Waals surface area contributed by atoms with Crippen molar-refractivity contribution in [3.8, 4) is 33.6 Å². The summed E-state index contributed by atoms with van der Waals surface area (Å²) in [6.07, 6.45) is 0. The van der Waals surface area contributed by atoms with Gasteiger partial charge in [-0.05, 0) is 122 Å². The average Bonchev–Trinajstić information content (AvgIpc) is 3.84. The van der Waals surface area contributed by atoms with E-state index in [1.807, 2.05) is 0 Å². The van der Waals surface area contributed by atoms with Gasteiger partial charge in [-0.3, -0.25) is 0 Å². The molecular weight excluding hydrogens is 956 g/mol. The molecule has 0 saturated heterocycles. The quantitative estimate of drug-likeness (QED) is 0.154. The summed E-state index contributed by atoms with van der Waals surface area (Å²) in [5.74, 6) is 0. The first-order chi connectivity index (χ1) is 39.2. The zero-order chi connectivity index (χ0) is 51.7. The van der Waals surface area contributed by atoms with Crippen LogP contribution >= 0.6 is 0 Å². The zero-order valence-electron chi connectivity index (χ0n) is 43.0. The van der Waals surface area contributed by atoms with Crippen molar-refractivity contribution in [1.82, 2.24) is 9.13 Å². The number of nitrogens with zero attached hydrogens (tertiary/aromatic N) is 4. The molecule has 15 aromatic rings. The predicted molar refractivity (Wildman–Crippen MR) is 335 cm³/mol. The normalized spacial score (nSPS) is 12.7. The van der Waals surface area contributed by atoms with E-state index in [1.165, 1.54) is 104 Å². The van der Waals surface area contributed by atoms with E-state index < -0.39 is 0 Å². The van der Waals surface area contributed by atoms with Crippen LogP contribution in [-0.4, -0.2) is 15.8 Å². The topological polar surface area (TPSA) is 16.3 Å². The standard InChI is InChI=1S/C74H47BN4/c1-3-22-50(23-4-1)72-54-26-9-7-20-48(54)38-44-66(72)78-68-36-19-37-69-74(68)75(60-42-40-52(46-70(60)78)76-62-32-15-11-28-56(62)57-29-12-16-33-63(57)76)61-43-41-53(77-64-34-17-13-30-58(64)59-31-14-18-35-65(59)77)47-71(61)79(69)67-45-39-49-21-8-10-27-55(49)73(67)51-24-5-2-6-25-51/h1-47H. The molecule has 0 atom stereocenters. The number of fused-ring (bicyclic) bond motifs is 12. The molecule has 2 aliphatic rings. The Balaban J connectivity index is 1.00. The van der Waals surface area contributed by atoms with Crippen molar-refractivity contribution >= 4 is 122 Å². The van der Waals surface area contributed by atoms with Gasteiger partial charge in [0.25, 0.3) is 6.71 Å². The molecule has 4 heterocycles. The minimum Gasteiger partial charge on any atom is -0.311 e. The van der Waals surface area contributed by atoms with Crippen LogP contribution in [-0.2, 0) is 0 Å². The van der Waals surface area contributed by atoms with Crippen LogP contribution in [0.1, 0.15) is 0 Å². The van der Waals surface area contributed by atoms with Crippen LogP contribution in [0.15, 0.2) is 285 Å². The van der Waals surface area contributed by atoms with Crippen LogP contribution < -0.4 is 26.2 Å². The third-order valence-corrected chi connectivity index (χ3v) is 17.1. The molecule has 366 valence electrons. The molecule has 4 nitrogen and oxygen atoms in total. The van der Waals surface area contributed by atoms with Crippen LogP contribution in [0, 0.1) is 0 Å². The maximum absolute atomic E-state index is 2.60. The van der Waals surface area contributed by atoms with Gasteiger partial charge in [0.15, 0.2) is 0 Å². The Morgan fingerprint density at radius 3 is 1.00 bits per heavy atom. The minimum atomic E-state index is -0.121. The lowest BCUT2D eigenvalue weighted by atomic mass is 9.33. The summed E-state index contributed by atoms with van der Waals surface area (Å²) in [5, 5.41) is 9.81.